The SMILES string of the molecule is NCC1(CCc2ccccc2)CCN(C(N)=O)CC1. The van der Waals surface area contributed by atoms with Gasteiger partial charge >= 0.3 is 6.03 Å². The van der Waals surface area contributed by atoms with Crippen LogP contribution in [0.2, 0.25) is 0 Å². The Hall–Kier alpha value is -1.55. The number of likely N-dealkylation sites (tertiary alicyclic amines) is 1. The van der Waals surface area contributed by atoms with Gasteiger partial charge in [-0.15, -0.1) is 0 Å². The van der Waals surface area contributed by atoms with E-state index in [1.807, 2.05) is 6.07 Å². The first kappa shape index (κ1) is 13.9. The molecule has 0 bridgehead atoms. The van der Waals surface area contributed by atoms with E-state index in [0.29, 0.717) is 6.54 Å². The molecular formula is C15H23N3O. The summed E-state index contributed by atoms with van der Waals surface area (Å²) in [5.74, 6) is 0. The van der Waals surface area contributed by atoms with Crippen LogP contribution >= 0.6 is 0 Å². The van der Waals surface area contributed by atoms with Crippen molar-refractivity contribution >= 4 is 6.03 Å². The highest BCUT2D eigenvalue weighted by Crippen LogP contribution is 2.35. The number of piperidine rings is 1. The van der Waals surface area contributed by atoms with Crippen molar-refractivity contribution in [1.29, 1.82) is 0 Å². The molecule has 2 amide bonds. The molecule has 4 nitrogen and oxygen atoms in total. The van der Waals surface area contributed by atoms with Crippen LogP contribution in [0.15, 0.2) is 30.3 Å². The van der Waals surface area contributed by atoms with Gasteiger partial charge in [0, 0.05) is 13.1 Å². The molecule has 0 atom stereocenters. The van der Waals surface area contributed by atoms with Gasteiger partial charge in [-0.3, -0.25) is 0 Å². The Labute approximate surface area is 114 Å². The predicted octanol–water partition coefficient (Wildman–Crippen LogP) is 1.74. The van der Waals surface area contributed by atoms with Crippen LogP contribution in [0.5, 0.6) is 0 Å². The van der Waals surface area contributed by atoms with Crippen molar-refractivity contribution in [3.05, 3.63) is 35.9 Å². The minimum atomic E-state index is -0.311. The number of carbonyl (C=O) groups excluding carboxylic acids is 1. The number of aryl methyl sites for hydroxylation is 1. The van der Waals surface area contributed by atoms with Gasteiger partial charge in [0.15, 0.2) is 0 Å². The fraction of sp³-hybridized carbons (Fsp3) is 0.533. The van der Waals surface area contributed by atoms with E-state index in [2.05, 4.69) is 24.3 Å². The van der Waals surface area contributed by atoms with Crippen molar-refractivity contribution in [3.8, 4) is 0 Å². The van der Waals surface area contributed by atoms with Gasteiger partial charge in [-0.05, 0) is 43.2 Å². The minimum absolute atomic E-state index is 0.168. The maximum atomic E-state index is 11.1. The summed E-state index contributed by atoms with van der Waals surface area (Å²) in [4.78, 5) is 12.9. The first-order valence-corrected chi connectivity index (χ1v) is 6.94. The highest BCUT2D eigenvalue weighted by atomic mass is 16.2. The summed E-state index contributed by atoms with van der Waals surface area (Å²) in [5.41, 5.74) is 12.8. The smallest absolute Gasteiger partial charge is 0.314 e. The lowest BCUT2D eigenvalue weighted by Gasteiger charge is -2.40. The number of nitrogens with zero attached hydrogens (tertiary/aromatic N) is 1. The number of carbonyl (C=O) groups is 1. The number of urea groups is 1. The standard InChI is InChI=1S/C15H23N3O/c16-12-15(7-6-13-4-2-1-3-5-13)8-10-18(11-9-15)14(17)19/h1-5H,6-12,16H2,(H2,17,19). The number of benzene rings is 1. The number of nitrogens with two attached hydrogens (primary N) is 2. The molecule has 0 saturated carbocycles. The Morgan fingerprint density at radius 2 is 1.84 bits per heavy atom. The second-order valence-corrected chi connectivity index (χ2v) is 5.52. The summed E-state index contributed by atoms with van der Waals surface area (Å²) in [6.45, 7) is 2.16. The molecule has 0 aliphatic carbocycles. The van der Waals surface area contributed by atoms with Gasteiger partial charge < -0.3 is 16.4 Å². The Balaban J connectivity index is 1.91. The zero-order valence-electron chi connectivity index (χ0n) is 11.3. The van der Waals surface area contributed by atoms with Crippen LogP contribution in [-0.4, -0.2) is 30.6 Å². The van der Waals surface area contributed by atoms with E-state index in [1.54, 1.807) is 4.90 Å². The summed E-state index contributed by atoms with van der Waals surface area (Å²) < 4.78 is 0. The maximum absolute atomic E-state index is 11.1. The third kappa shape index (κ3) is 3.47. The fourth-order valence-electron chi connectivity index (χ4n) is 2.81. The molecule has 4 N–H and O–H groups in total. The van der Waals surface area contributed by atoms with E-state index in [9.17, 15) is 4.79 Å². The predicted molar refractivity (Wildman–Crippen MR) is 76.6 cm³/mol. The van der Waals surface area contributed by atoms with Gasteiger partial charge in [-0.2, -0.15) is 0 Å². The van der Waals surface area contributed by atoms with Crippen molar-refractivity contribution in [3.63, 3.8) is 0 Å². The Bertz CT molecular complexity index is 411. The van der Waals surface area contributed by atoms with E-state index >= 15 is 0 Å². The lowest BCUT2D eigenvalue weighted by Crippen LogP contribution is -2.48. The van der Waals surface area contributed by atoms with E-state index in [1.165, 1.54) is 5.56 Å². The van der Waals surface area contributed by atoms with Gasteiger partial charge in [0.25, 0.3) is 0 Å². The van der Waals surface area contributed by atoms with Gasteiger partial charge in [0.2, 0.25) is 0 Å². The molecule has 1 fully saturated rings. The molecule has 0 spiro atoms. The highest BCUT2D eigenvalue weighted by molar-refractivity contribution is 5.72. The molecule has 1 aromatic carbocycles. The lowest BCUT2D eigenvalue weighted by atomic mass is 9.74. The van der Waals surface area contributed by atoms with Crippen LogP contribution in [0, 0.1) is 5.41 Å². The maximum Gasteiger partial charge on any atom is 0.314 e. The fourth-order valence-corrected chi connectivity index (χ4v) is 2.81. The van der Waals surface area contributed by atoms with Crippen molar-refractivity contribution in [2.24, 2.45) is 16.9 Å². The molecule has 1 aliphatic rings. The van der Waals surface area contributed by atoms with Crippen LogP contribution in [0.25, 0.3) is 0 Å². The third-order valence-electron chi connectivity index (χ3n) is 4.36. The summed E-state index contributed by atoms with van der Waals surface area (Å²) in [7, 11) is 0. The normalized spacial score (nSPS) is 18.3. The molecule has 1 heterocycles. The second-order valence-electron chi connectivity index (χ2n) is 5.52. The first-order chi connectivity index (χ1) is 9.15. The van der Waals surface area contributed by atoms with E-state index in [4.69, 9.17) is 11.5 Å². The Morgan fingerprint density at radius 3 is 2.37 bits per heavy atom. The Kier molecular flexibility index (Phi) is 4.43. The lowest BCUT2D eigenvalue weighted by molar-refractivity contribution is 0.118. The van der Waals surface area contributed by atoms with E-state index in [-0.39, 0.29) is 11.4 Å². The van der Waals surface area contributed by atoms with Gasteiger partial charge in [0.1, 0.15) is 0 Å². The van der Waals surface area contributed by atoms with Crippen molar-refractivity contribution in [2.45, 2.75) is 25.7 Å². The molecule has 19 heavy (non-hydrogen) atoms. The molecule has 2 rings (SSSR count). The first-order valence-electron chi connectivity index (χ1n) is 6.94. The quantitative estimate of drug-likeness (QED) is 0.866. The number of hydrogen-bond acceptors (Lipinski definition) is 2. The van der Waals surface area contributed by atoms with Crippen LogP contribution in [-0.2, 0) is 6.42 Å². The molecule has 0 radical (unpaired) electrons. The van der Waals surface area contributed by atoms with Crippen molar-refractivity contribution in [2.75, 3.05) is 19.6 Å². The molecule has 1 aromatic rings. The van der Waals surface area contributed by atoms with Crippen LogP contribution in [0.3, 0.4) is 0 Å². The van der Waals surface area contributed by atoms with Gasteiger partial charge in [-0.25, -0.2) is 4.79 Å². The van der Waals surface area contributed by atoms with E-state index < -0.39 is 0 Å². The van der Waals surface area contributed by atoms with Crippen LogP contribution < -0.4 is 11.5 Å². The van der Waals surface area contributed by atoms with Crippen LogP contribution in [0.1, 0.15) is 24.8 Å². The largest absolute Gasteiger partial charge is 0.351 e. The number of rotatable bonds is 4. The molecule has 4 heteroatoms. The minimum Gasteiger partial charge on any atom is -0.351 e. The molecule has 104 valence electrons. The van der Waals surface area contributed by atoms with Gasteiger partial charge in [0.05, 0.1) is 0 Å². The summed E-state index contributed by atoms with van der Waals surface area (Å²) in [5, 5.41) is 0. The molecule has 1 aliphatic heterocycles. The number of primary amides is 1. The molecule has 0 unspecified atom stereocenters. The molecule has 1 saturated heterocycles. The van der Waals surface area contributed by atoms with Crippen molar-refractivity contribution in [1.82, 2.24) is 4.90 Å². The monoisotopic (exact) mass is 261 g/mol. The topological polar surface area (TPSA) is 72.3 Å². The number of hydrogen-bond donors (Lipinski definition) is 2. The summed E-state index contributed by atoms with van der Waals surface area (Å²) in [6.07, 6.45) is 4.05. The Morgan fingerprint density at radius 1 is 1.21 bits per heavy atom. The average Bonchev–Trinajstić information content (AvgIpc) is 2.46. The van der Waals surface area contributed by atoms with E-state index in [0.717, 1.165) is 38.8 Å². The van der Waals surface area contributed by atoms with Gasteiger partial charge in [-0.1, -0.05) is 30.3 Å². The zero-order valence-corrected chi connectivity index (χ0v) is 11.3. The second kappa shape index (κ2) is 6.06. The molecular weight excluding hydrogens is 238 g/mol. The third-order valence-corrected chi connectivity index (χ3v) is 4.36. The average molecular weight is 261 g/mol. The van der Waals surface area contributed by atoms with Crippen molar-refractivity contribution < 1.29 is 4.79 Å². The summed E-state index contributed by atoms with van der Waals surface area (Å²) in [6, 6.07) is 10.2. The highest BCUT2D eigenvalue weighted by Gasteiger charge is 2.33. The number of amides is 2. The molecule has 0 aromatic heterocycles. The summed E-state index contributed by atoms with van der Waals surface area (Å²) >= 11 is 0. The zero-order chi connectivity index (χ0) is 13.7. The van der Waals surface area contributed by atoms with Crippen LogP contribution in [0.4, 0.5) is 4.79 Å².